The summed E-state index contributed by atoms with van der Waals surface area (Å²) in [6.07, 6.45) is 1.62. The van der Waals surface area contributed by atoms with Gasteiger partial charge in [-0.1, -0.05) is 65.6 Å². The van der Waals surface area contributed by atoms with E-state index < -0.39 is 0 Å². The van der Waals surface area contributed by atoms with Crippen molar-refractivity contribution >= 4 is 34.1 Å². The summed E-state index contributed by atoms with van der Waals surface area (Å²) in [5.41, 5.74) is 1.34. The third-order valence-electron chi connectivity index (χ3n) is 2.85. The first kappa shape index (κ1) is 15.6. The highest BCUT2D eigenvalue weighted by atomic mass is 32.2. The van der Waals surface area contributed by atoms with Gasteiger partial charge in [0.25, 0.3) is 5.91 Å². The van der Waals surface area contributed by atoms with Gasteiger partial charge in [-0.15, -0.1) is 15.3 Å². The third kappa shape index (κ3) is 4.14. The summed E-state index contributed by atoms with van der Waals surface area (Å²) in [6.45, 7) is 2.60. The van der Waals surface area contributed by atoms with Crippen LogP contribution < -0.4 is 5.32 Å². The molecular formula is C14H14N6OS2. The van der Waals surface area contributed by atoms with Crippen molar-refractivity contribution in [3.8, 4) is 0 Å². The number of anilines is 1. The van der Waals surface area contributed by atoms with Gasteiger partial charge in [-0.05, 0) is 11.3 Å². The molecule has 0 bridgehead atoms. The van der Waals surface area contributed by atoms with E-state index in [1.165, 1.54) is 11.3 Å². The second-order valence-corrected chi connectivity index (χ2v) is 7.04. The van der Waals surface area contributed by atoms with E-state index in [0.29, 0.717) is 11.7 Å². The zero-order chi connectivity index (χ0) is 16.1. The quantitative estimate of drug-likeness (QED) is 0.545. The van der Waals surface area contributed by atoms with Crippen LogP contribution >= 0.6 is 23.1 Å². The lowest BCUT2D eigenvalue weighted by molar-refractivity contribution is 0.102. The molecular weight excluding hydrogens is 332 g/mol. The highest BCUT2D eigenvalue weighted by Gasteiger charge is 2.14. The molecule has 2 heterocycles. The number of aromatic nitrogens is 5. The van der Waals surface area contributed by atoms with Gasteiger partial charge in [0.15, 0.2) is 10.0 Å². The fraction of sp³-hybridized carbons (Fsp3) is 0.214. The predicted octanol–water partition coefficient (Wildman–Crippen LogP) is 2.54. The molecule has 3 aromatic rings. The number of nitrogens with zero attached hydrogens (tertiary/aromatic N) is 5. The Morgan fingerprint density at radius 2 is 2.09 bits per heavy atom. The predicted molar refractivity (Wildman–Crippen MR) is 89.8 cm³/mol. The molecule has 3 rings (SSSR count). The summed E-state index contributed by atoms with van der Waals surface area (Å²) >= 11 is 2.93. The minimum atomic E-state index is -0.339. The Kier molecular flexibility index (Phi) is 4.99. The zero-order valence-electron chi connectivity index (χ0n) is 12.3. The lowest BCUT2D eigenvalue weighted by Gasteiger charge is -1.99. The number of carbonyl (C=O) groups excluding carboxylic acids is 1. The van der Waals surface area contributed by atoms with Gasteiger partial charge < -0.3 is 0 Å². The molecule has 118 valence electrons. The van der Waals surface area contributed by atoms with Crippen LogP contribution in [0.15, 0.2) is 40.9 Å². The summed E-state index contributed by atoms with van der Waals surface area (Å²) in [5.74, 6) is 0.574. The molecule has 1 amide bonds. The first-order valence-electron chi connectivity index (χ1n) is 6.96. The van der Waals surface area contributed by atoms with E-state index in [9.17, 15) is 4.79 Å². The van der Waals surface area contributed by atoms with Crippen molar-refractivity contribution in [1.29, 1.82) is 0 Å². The SMILES string of the molecule is CCSc1nnc(NC(=O)c2cn(Cc3ccccc3)nn2)s1. The lowest BCUT2D eigenvalue weighted by Crippen LogP contribution is -2.12. The van der Waals surface area contributed by atoms with Crippen LogP contribution in [0, 0.1) is 0 Å². The van der Waals surface area contributed by atoms with Crippen LogP contribution in [-0.2, 0) is 6.54 Å². The van der Waals surface area contributed by atoms with Gasteiger partial charge in [0, 0.05) is 0 Å². The molecule has 9 heteroatoms. The number of nitrogens with one attached hydrogen (secondary N) is 1. The zero-order valence-corrected chi connectivity index (χ0v) is 14.0. The summed E-state index contributed by atoms with van der Waals surface area (Å²) in [5, 5.41) is 19.0. The molecule has 1 aromatic carbocycles. The molecule has 2 aromatic heterocycles. The molecule has 0 aliphatic heterocycles. The van der Waals surface area contributed by atoms with Crippen LogP contribution in [0.25, 0.3) is 0 Å². The van der Waals surface area contributed by atoms with Crippen LogP contribution in [0.4, 0.5) is 5.13 Å². The van der Waals surface area contributed by atoms with Gasteiger partial charge in [-0.25, -0.2) is 4.68 Å². The normalized spacial score (nSPS) is 10.7. The Morgan fingerprint density at radius 3 is 2.87 bits per heavy atom. The van der Waals surface area contributed by atoms with E-state index in [1.54, 1.807) is 22.6 Å². The maximum absolute atomic E-state index is 12.2. The van der Waals surface area contributed by atoms with Crippen LogP contribution in [0.5, 0.6) is 0 Å². The topological polar surface area (TPSA) is 85.6 Å². The Labute approximate surface area is 141 Å². The smallest absolute Gasteiger partial charge is 0.279 e. The maximum atomic E-state index is 12.2. The van der Waals surface area contributed by atoms with Crippen LogP contribution in [0.3, 0.4) is 0 Å². The Hall–Kier alpha value is -2.26. The molecule has 7 nitrogen and oxygen atoms in total. The van der Waals surface area contributed by atoms with E-state index in [4.69, 9.17) is 0 Å². The summed E-state index contributed by atoms with van der Waals surface area (Å²) < 4.78 is 2.46. The van der Waals surface area contributed by atoms with E-state index in [2.05, 4.69) is 25.8 Å². The lowest BCUT2D eigenvalue weighted by atomic mass is 10.2. The molecule has 1 N–H and O–H groups in total. The van der Waals surface area contributed by atoms with Crippen LogP contribution in [0.2, 0.25) is 0 Å². The van der Waals surface area contributed by atoms with Gasteiger partial charge in [0.1, 0.15) is 0 Å². The van der Waals surface area contributed by atoms with E-state index in [0.717, 1.165) is 15.7 Å². The molecule has 0 fully saturated rings. The van der Waals surface area contributed by atoms with Gasteiger partial charge >= 0.3 is 0 Å². The molecule has 0 radical (unpaired) electrons. The van der Waals surface area contributed by atoms with Crippen molar-refractivity contribution in [1.82, 2.24) is 25.2 Å². The first-order valence-corrected chi connectivity index (χ1v) is 8.76. The van der Waals surface area contributed by atoms with Crippen molar-refractivity contribution in [2.24, 2.45) is 0 Å². The standard InChI is InChI=1S/C14H14N6OS2/c1-2-22-14-18-17-13(23-14)15-12(21)11-9-20(19-16-11)8-10-6-4-3-5-7-10/h3-7,9H,2,8H2,1H3,(H,15,17,21). The average Bonchev–Trinajstić information content (AvgIpc) is 3.18. The van der Waals surface area contributed by atoms with Crippen molar-refractivity contribution in [2.75, 3.05) is 11.1 Å². The number of hydrogen-bond donors (Lipinski definition) is 1. The third-order valence-corrected chi connectivity index (χ3v) is 4.71. The summed E-state index contributed by atoms with van der Waals surface area (Å²) in [7, 11) is 0. The minimum Gasteiger partial charge on any atom is -0.295 e. The Morgan fingerprint density at radius 1 is 1.26 bits per heavy atom. The second-order valence-electron chi connectivity index (χ2n) is 4.55. The fourth-order valence-electron chi connectivity index (χ4n) is 1.85. The average molecular weight is 346 g/mol. The number of benzene rings is 1. The molecule has 0 aliphatic rings. The summed E-state index contributed by atoms with van der Waals surface area (Å²) in [4.78, 5) is 12.2. The van der Waals surface area contributed by atoms with Gasteiger partial charge in [-0.2, -0.15) is 0 Å². The Balaban J connectivity index is 1.63. The van der Waals surface area contributed by atoms with Crippen LogP contribution in [-0.4, -0.2) is 36.9 Å². The summed E-state index contributed by atoms with van der Waals surface area (Å²) in [6, 6.07) is 9.87. The molecule has 0 aliphatic carbocycles. The monoisotopic (exact) mass is 346 g/mol. The van der Waals surface area contributed by atoms with Crippen LogP contribution in [0.1, 0.15) is 23.0 Å². The molecule has 0 atom stereocenters. The van der Waals surface area contributed by atoms with E-state index in [1.807, 2.05) is 37.3 Å². The molecule has 23 heavy (non-hydrogen) atoms. The number of thioether (sulfide) groups is 1. The molecule has 0 spiro atoms. The Bertz CT molecular complexity index is 785. The molecule has 0 saturated heterocycles. The van der Waals surface area contributed by atoms with Crippen molar-refractivity contribution in [2.45, 2.75) is 17.8 Å². The highest BCUT2D eigenvalue weighted by Crippen LogP contribution is 2.25. The molecule has 0 saturated carbocycles. The van der Waals surface area contributed by atoms with Crippen molar-refractivity contribution in [3.63, 3.8) is 0 Å². The van der Waals surface area contributed by atoms with Crippen molar-refractivity contribution in [3.05, 3.63) is 47.8 Å². The second kappa shape index (κ2) is 7.34. The van der Waals surface area contributed by atoms with E-state index >= 15 is 0 Å². The van der Waals surface area contributed by atoms with Gasteiger partial charge in [-0.3, -0.25) is 10.1 Å². The fourth-order valence-corrected chi connectivity index (χ4v) is 3.50. The number of hydrogen-bond acceptors (Lipinski definition) is 7. The number of rotatable bonds is 6. The number of amides is 1. The van der Waals surface area contributed by atoms with Crippen molar-refractivity contribution < 1.29 is 4.79 Å². The molecule has 0 unspecified atom stereocenters. The highest BCUT2D eigenvalue weighted by molar-refractivity contribution is 8.01. The minimum absolute atomic E-state index is 0.251. The van der Waals surface area contributed by atoms with Gasteiger partial charge in [0.05, 0.1) is 12.7 Å². The largest absolute Gasteiger partial charge is 0.295 e. The van der Waals surface area contributed by atoms with Gasteiger partial charge in [0.2, 0.25) is 5.13 Å². The number of carbonyl (C=O) groups is 1. The first-order chi connectivity index (χ1) is 11.2. The maximum Gasteiger partial charge on any atom is 0.279 e. The van der Waals surface area contributed by atoms with E-state index in [-0.39, 0.29) is 11.6 Å².